The van der Waals surface area contributed by atoms with Gasteiger partial charge in [-0.25, -0.2) is 0 Å². The molecule has 20 heavy (non-hydrogen) atoms. The van der Waals surface area contributed by atoms with Gasteiger partial charge in [-0.1, -0.05) is 5.16 Å². The average Bonchev–Trinajstić information content (AvgIpc) is 3.35. The molecule has 2 aromatic heterocycles. The largest absolute Gasteiger partial charge is 0.337 e. The molecule has 2 aliphatic carbocycles. The van der Waals surface area contributed by atoms with Crippen LogP contribution >= 0.6 is 0 Å². The Kier molecular flexibility index (Phi) is 2.42. The molecule has 2 fully saturated rings. The molecule has 4 rings (SSSR count). The van der Waals surface area contributed by atoms with E-state index >= 15 is 0 Å². The average molecular weight is 274 g/mol. The summed E-state index contributed by atoms with van der Waals surface area (Å²) in [6.07, 6.45) is 7.41. The Morgan fingerprint density at radius 1 is 1.15 bits per heavy atom. The van der Waals surface area contributed by atoms with E-state index in [2.05, 4.69) is 10.1 Å². The van der Waals surface area contributed by atoms with Crippen LogP contribution in [0.2, 0.25) is 0 Å². The molecular formula is C13H14N4O3. The third-order valence-corrected chi connectivity index (χ3v) is 3.76. The van der Waals surface area contributed by atoms with Crippen LogP contribution in [0.4, 0.5) is 0 Å². The van der Waals surface area contributed by atoms with E-state index in [9.17, 15) is 9.59 Å². The van der Waals surface area contributed by atoms with Gasteiger partial charge in [0, 0.05) is 24.4 Å². The Hall–Kier alpha value is -2.18. The molecule has 0 N–H and O–H groups in total. The normalized spacial score (nSPS) is 18.4. The van der Waals surface area contributed by atoms with Crippen LogP contribution in [0.25, 0.3) is 0 Å². The molecule has 0 spiro atoms. The fourth-order valence-corrected chi connectivity index (χ4v) is 2.27. The summed E-state index contributed by atoms with van der Waals surface area (Å²) < 4.78 is 7.97. The van der Waals surface area contributed by atoms with Crippen molar-refractivity contribution in [2.24, 2.45) is 0 Å². The highest BCUT2D eigenvalue weighted by Crippen LogP contribution is 2.38. The van der Waals surface area contributed by atoms with Crippen LogP contribution in [0.3, 0.4) is 0 Å². The van der Waals surface area contributed by atoms with Gasteiger partial charge < -0.3 is 9.09 Å². The molecule has 0 aliphatic heterocycles. The predicted molar refractivity (Wildman–Crippen MR) is 68.6 cm³/mol. The monoisotopic (exact) mass is 274 g/mol. The van der Waals surface area contributed by atoms with Gasteiger partial charge in [0.05, 0.1) is 0 Å². The van der Waals surface area contributed by atoms with Crippen molar-refractivity contribution in [1.29, 1.82) is 0 Å². The van der Waals surface area contributed by atoms with Gasteiger partial charge in [-0.15, -0.1) is 0 Å². The van der Waals surface area contributed by atoms with Crippen molar-refractivity contribution in [2.75, 3.05) is 0 Å². The lowest BCUT2D eigenvalue weighted by Crippen LogP contribution is -2.40. The summed E-state index contributed by atoms with van der Waals surface area (Å²) in [6.45, 7) is 0.152. The van der Waals surface area contributed by atoms with Crippen LogP contribution in [-0.4, -0.2) is 19.3 Å². The third kappa shape index (κ3) is 1.99. The van der Waals surface area contributed by atoms with Crippen molar-refractivity contribution in [3.63, 3.8) is 0 Å². The lowest BCUT2D eigenvalue weighted by molar-refractivity contribution is 0.364. The number of aromatic nitrogens is 4. The lowest BCUT2D eigenvalue weighted by atomic mass is 10.4. The fraction of sp³-hybridized carbons (Fsp3) is 0.538. The fourth-order valence-electron chi connectivity index (χ4n) is 2.27. The van der Waals surface area contributed by atoms with E-state index in [1.54, 1.807) is 12.4 Å². The Morgan fingerprint density at radius 2 is 1.95 bits per heavy atom. The van der Waals surface area contributed by atoms with Crippen LogP contribution in [0.5, 0.6) is 0 Å². The van der Waals surface area contributed by atoms with Gasteiger partial charge in [-0.3, -0.25) is 14.2 Å². The Bertz CT molecular complexity index is 764. The van der Waals surface area contributed by atoms with Crippen molar-refractivity contribution in [1.82, 2.24) is 19.3 Å². The SMILES string of the molecule is O=c1c(=O)n(C2CC2)ccn1Cc1nc(C2CC2)no1. The summed E-state index contributed by atoms with van der Waals surface area (Å²) in [5.41, 5.74) is -1.01. The second kappa shape index (κ2) is 4.16. The standard InChI is InChI=1S/C13H14N4O3/c18-12-13(19)17(9-3-4-9)6-5-16(12)7-10-14-11(15-20-10)8-1-2-8/h5-6,8-9H,1-4,7H2. The van der Waals surface area contributed by atoms with Crippen LogP contribution in [-0.2, 0) is 6.54 Å². The summed E-state index contributed by atoms with van der Waals surface area (Å²) in [4.78, 5) is 28.2. The molecule has 2 aromatic rings. The maximum atomic E-state index is 12.0. The second-order valence-corrected chi connectivity index (χ2v) is 5.50. The first kappa shape index (κ1) is 11.6. The van der Waals surface area contributed by atoms with E-state index in [1.807, 2.05) is 0 Å². The van der Waals surface area contributed by atoms with E-state index in [1.165, 1.54) is 9.13 Å². The van der Waals surface area contributed by atoms with Crippen molar-refractivity contribution in [3.8, 4) is 0 Å². The van der Waals surface area contributed by atoms with Crippen LogP contribution in [0.15, 0.2) is 26.5 Å². The molecule has 0 amide bonds. The number of rotatable bonds is 4. The maximum Gasteiger partial charge on any atom is 0.316 e. The zero-order chi connectivity index (χ0) is 13.7. The van der Waals surface area contributed by atoms with Gasteiger partial charge in [0.25, 0.3) is 0 Å². The molecule has 2 aliphatic rings. The molecule has 0 saturated heterocycles. The second-order valence-electron chi connectivity index (χ2n) is 5.50. The minimum atomic E-state index is -0.537. The van der Waals surface area contributed by atoms with Crippen LogP contribution < -0.4 is 11.1 Å². The molecular weight excluding hydrogens is 260 g/mol. The predicted octanol–water partition coefficient (Wildman–Crippen LogP) is 0.654. The number of nitrogens with zero attached hydrogens (tertiary/aromatic N) is 4. The highest BCUT2D eigenvalue weighted by molar-refractivity contribution is 5.04. The molecule has 0 radical (unpaired) electrons. The van der Waals surface area contributed by atoms with Gasteiger partial charge in [0.15, 0.2) is 5.82 Å². The van der Waals surface area contributed by atoms with Gasteiger partial charge in [-0.2, -0.15) is 4.98 Å². The summed E-state index contributed by atoms with van der Waals surface area (Å²) in [5.74, 6) is 1.49. The Balaban J connectivity index is 1.62. The lowest BCUT2D eigenvalue weighted by Gasteiger charge is -2.05. The zero-order valence-corrected chi connectivity index (χ0v) is 10.9. The van der Waals surface area contributed by atoms with Crippen LogP contribution in [0, 0.1) is 0 Å². The Morgan fingerprint density at radius 3 is 2.65 bits per heavy atom. The van der Waals surface area contributed by atoms with E-state index in [0.29, 0.717) is 17.6 Å². The zero-order valence-electron chi connectivity index (χ0n) is 10.9. The molecule has 0 aromatic carbocycles. The molecule has 0 bridgehead atoms. The van der Waals surface area contributed by atoms with Gasteiger partial charge in [-0.05, 0) is 25.7 Å². The smallest absolute Gasteiger partial charge is 0.316 e. The van der Waals surface area contributed by atoms with E-state index in [-0.39, 0.29) is 12.6 Å². The highest BCUT2D eigenvalue weighted by Gasteiger charge is 2.29. The maximum absolute atomic E-state index is 12.0. The molecule has 2 saturated carbocycles. The molecule has 7 heteroatoms. The molecule has 7 nitrogen and oxygen atoms in total. The van der Waals surface area contributed by atoms with Crippen molar-refractivity contribution in [2.45, 2.75) is 44.2 Å². The third-order valence-electron chi connectivity index (χ3n) is 3.76. The van der Waals surface area contributed by atoms with Crippen molar-refractivity contribution < 1.29 is 4.52 Å². The van der Waals surface area contributed by atoms with E-state index in [4.69, 9.17) is 4.52 Å². The molecule has 104 valence electrons. The first-order chi connectivity index (χ1) is 9.72. The summed E-state index contributed by atoms with van der Waals surface area (Å²) in [7, 11) is 0. The first-order valence-corrected chi connectivity index (χ1v) is 6.86. The first-order valence-electron chi connectivity index (χ1n) is 6.86. The van der Waals surface area contributed by atoms with Crippen molar-refractivity contribution >= 4 is 0 Å². The van der Waals surface area contributed by atoms with Crippen LogP contribution in [0.1, 0.15) is 49.4 Å². The van der Waals surface area contributed by atoms with Gasteiger partial charge in [0.2, 0.25) is 5.89 Å². The topological polar surface area (TPSA) is 82.9 Å². The molecule has 0 unspecified atom stereocenters. The van der Waals surface area contributed by atoms with Crippen molar-refractivity contribution in [3.05, 3.63) is 44.8 Å². The summed E-state index contributed by atoms with van der Waals surface area (Å²) >= 11 is 0. The number of hydrogen-bond donors (Lipinski definition) is 0. The summed E-state index contributed by atoms with van der Waals surface area (Å²) in [6, 6.07) is 0.203. The summed E-state index contributed by atoms with van der Waals surface area (Å²) in [5, 5.41) is 3.90. The quantitative estimate of drug-likeness (QED) is 0.764. The van der Waals surface area contributed by atoms with E-state index < -0.39 is 11.1 Å². The minimum absolute atomic E-state index is 0.152. The van der Waals surface area contributed by atoms with Gasteiger partial charge in [0.1, 0.15) is 6.54 Å². The molecule has 0 atom stereocenters. The molecule has 2 heterocycles. The Labute approximate surface area is 113 Å². The highest BCUT2D eigenvalue weighted by atomic mass is 16.5. The minimum Gasteiger partial charge on any atom is -0.337 e. The number of hydrogen-bond acceptors (Lipinski definition) is 5. The van der Waals surface area contributed by atoms with E-state index in [0.717, 1.165) is 25.7 Å². The van der Waals surface area contributed by atoms with Gasteiger partial charge >= 0.3 is 11.1 Å².